The molecule has 1 aliphatic carbocycles. The first kappa shape index (κ1) is 10.6. The standard InChI is InChI=1S/C15H19N2/c1-3-7-14(8-4-1)16-11-12-17(13-16)15-9-5-2-6-10-15/h1,3-4,7-8,11-13,15H,2,5-6,9-10H2/q+1. The third-order valence-electron chi connectivity index (χ3n) is 3.71. The monoisotopic (exact) mass is 227 g/mol. The first-order chi connectivity index (χ1) is 8.43. The van der Waals surface area contributed by atoms with Crippen molar-refractivity contribution in [1.29, 1.82) is 0 Å². The molecule has 1 fully saturated rings. The van der Waals surface area contributed by atoms with Crippen LogP contribution in [0.5, 0.6) is 0 Å². The van der Waals surface area contributed by atoms with Crippen LogP contribution in [0.25, 0.3) is 5.69 Å². The summed E-state index contributed by atoms with van der Waals surface area (Å²) in [5, 5.41) is 0. The zero-order valence-electron chi connectivity index (χ0n) is 10.1. The van der Waals surface area contributed by atoms with Gasteiger partial charge in [0.15, 0.2) is 0 Å². The molecule has 3 rings (SSSR count). The maximum Gasteiger partial charge on any atom is 0.249 e. The molecule has 0 unspecified atom stereocenters. The van der Waals surface area contributed by atoms with Gasteiger partial charge in [0.05, 0.1) is 0 Å². The highest BCUT2D eigenvalue weighted by Crippen LogP contribution is 2.23. The van der Waals surface area contributed by atoms with Gasteiger partial charge in [-0.25, -0.2) is 9.13 Å². The van der Waals surface area contributed by atoms with Crippen LogP contribution in [0.15, 0.2) is 49.1 Å². The average Bonchev–Trinajstić information content (AvgIpc) is 2.90. The molecule has 0 atom stereocenters. The fourth-order valence-corrected chi connectivity index (χ4v) is 2.72. The topological polar surface area (TPSA) is 8.81 Å². The first-order valence-electron chi connectivity index (χ1n) is 6.58. The van der Waals surface area contributed by atoms with Gasteiger partial charge in [-0.2, -0.15) is 0 Å². The molecule has 2 nitrogen and oxygen atoms in total. The number of benzene rings is 1. The Kier molecular flexibility index (Phi) is 2.95. The highest BCUT2D eigenvalue weighted by atomic mass is 15.1. The highest BCUT2D eigenvalue weighted by Gasteiger charge is 2.19. The molecule has 0 N–H and O–H groups in total. The Balaban J connectivity index is 1.83. The Bertz CT molecular complexity index is 467. The maximum absolute atomic E-state index is 2.38. The van der Waals surface area contributed by atoms with Crippen molar-refractivity contribution in [2.75, 3.05) is 0 Å². The van der Waals surface area contributed by atoms with Crippen LogP contribution in [0, 0.1) is 0 Å². The molecule has 0 aliphatic heterocycles. The quantitative estimate of drug-likeness (QED) is 0.696. The number of hydrogen-bond acceptors (Lipinski definition) is 0. The minimum absolute atomic E-state index is 0.716. The Labute approximate surface area is 103 Å². The van der Waals surface area contributed by atoms with Crippen LogP contribution in [-0.4, -0.2) is 4.57 Å². The molecule has 0 bridgehead atoms. The van der Waals surface area contributed by atoms with Gasteiger partial charge in [0.2, 0.25) is 6.33 Å². The van der Waals surface area contributed by atoms with Gasteiger partial charge in [0.25, 0.3) is 0 Å². The number of aromatic nitrogens is 2. The van der Waals surface area contributed by atoms with Gasteiger partial charge in [-0.3, -0.25) is 0 Å². The highest BCUT2D eigenvalue weighted by molar-refractivity contribution is 5.30. The van der Waals surface area contributed by atoms with E-state index in [9.17, 15) is 0 Å². The Hall–Kier alpha value is -1.57. The third kappa shape index (κ3) is 2.26. The van der Waals surface area contributed by atoms with Gasteiger partial charge in [-0.1, -0.05) is 24.6 Å². The summed E-state index contributed by atoms with van der Waals surface area (Å²) in [4.78, 5) is 0. The third-order valence-corrected chi connectivity index (χ3v) is 3.71. The Morgan fingerprint density at radius 3 is 2.53 bits per heavy atom. The van der Waals surface area contributed by atoms with E-state index >= 15 is 0 Å². The largest absolute Gasteiger partial charge is 0.249 e. The fraction of sp³-hybridized carbons (Fsp3) is 0.400. The van der Waals surface area contributed by atoms with Gasteiger partial charge in [0.1, 0.15) is 24.1 Å². The second-order valence-electron chi connectivity index (χ2n) is 4.90. The molecule has 88 valence electrons. The molecule has 1 aromatic heterocycles. The zero-order chi connectivity index (χ0) is 11.5. The van der Waals surface area contributed by atoms with Gasteiger partial charge in [-0.05, 0) is 37.8 Å². The van der Waals surface area contributed by atoms with Crippen molar-refractivity contribution in [3.05, 3.63) is 49.1 Å². The van der Waals surface area contributed by atoms with Crippen LogP contribution in [-0.2, 0) is 0 Å². The Morgan fingerprint density at radius 1 is 1.00 bits per heavy atom. The van der Waals surface area contributed by atoms with E-state index in [1.807, 2.05) is 0 Å². The van der Waals surface area contributed by atoms with Crippen LogP contribution in [0.2, 0.25) is 0 Å². The van der Waals surface area contributed by atoms with Crippen molar-refractivity contribution < 1.29 is 4.57 Å². The van der Waals surface area contributed by atoms with Gasteiger partial charge >= 0.3 is 0 Å². The lowest BCUT2D eigenvalue weighted by atomic mass is 9.95. The first-order valence-corrected chi connectivity index (χ1v) is 6.58. The molecule has 2 heteroatoms. The predicted molar refractivity (Wildman–Crippen MR) is 68.1 cm³/mol. The van der Waals surface area contributed by atoms with Crippen LogP contribution in [0.4, 0.5) is 0 Å². The van der Waals surface area contributed by atoms with Gasteiger partial charge in [-0.15, -0.1) is 0 Å². The minimum atomic E-state index is 0.716. The molecule has 0 saturated heterocycles. The van der Waals surface area contributed by atoms with Crippen LogP contribution >= 0.6 is 0 Å². The van der Waals surface area contributed by atoms with E-state index in [1.165, 1.54) is 37.8 Å². The lowest BCUT2D eigenvalue weighted by Crippen LogP contribution is -2.38. The summed E-state index contributed by atoms with van der Waals surface area (Å²) >= 11 is 0. The lowest BCUT2D eigenvalue weighted by molar-refractivity contribution is -0.724. The molecule has 2 aromatic rings. The number of nitrogens with zero attached hydrogens (tertiary/aromatic N) is 2. The van der Waals surface area contributed by atoms with Crippen molar-refractivity contribution in [2.45, 2.75) is 38.1 Å². The van der Waals surface area contributed by atoms with Gasteiger partial charge < -0.3 is 0 Å². The van der Waals surface area contributed by atoms with Crippen LogP contribution < -0.4 is 4.57 Å². The van der Waals surface area contributed by atoms with Crippen molar-refractivity contribution in [1.82, 2.24) is 4.57 Å². The minimum Gasteiger partial charge on any atom is -0.234 e. The normalized spacial score (nSPS) is 17.2. The van der Waals surface area contributed by atoms with E-state index in [1.54, 1.807) is 0 Å². The SMILES string of the molecule is c1ccc(-n2cc[n+](C3CCCCC3)c2)cc1. The molecule has 1 heterocycles. The van der Waals surface area contributed by atoms with Crippen LogP contribution in [0.3, 0.4) is 0 Å². The fourth-order valence-electron chi connectivity index (χ4n) is 2.72. The van der Waals surface area contributed by atoms with E-state index < -0.39 is 0 Å². The molecule has 1 saturated carbocycles. The van der Waals surface area contributed by atoms with Crippen molar-refractivity contribution >= 4 is 0 Å². The predicted octanol–water partition coefficient (Wildman–Crippen LogP) is 3.27. The molecular weight excluding hydrogens is 208 g/mol. The summed E-state index contributed by atoms with van der Waals surface area (Å²) in [6.07, 6.45) is 13.4. The lowest BCUT2D eigenvalue weighted by Gasteiger charge is -2.18. The summed E-state index contributed by atoms with van der Waals surface area (Å²) in [5.74, 6) is 0. The molecule has 0 spiro atoms. The van der Waals surface area contributed by atoms with E-state index in [0.29, 0.717) is 6.04 Å². The number of para-hydroxylation sites is 1. The van der Waals surface area contributed by atoms with Crippen molar-refractivity contribution in [3.8, 4) is 5.69 Å². The second-order valence-corrected chi connectivity index (χ2v) is 4.90. The smallest absolute Gasteiger partial charge is 0.234 e. The molecule has 1 aromatic carbocycles. The summed E-state index contributed by atoms with van der Waals surface area (Å²) in [6.45, 7) is 0. The molecular formula is C15H19N2+. The molecule has 17 heavy (non-hydrogen) atoms. The zero-order valence-corrected chi connectivity index (χ0v) is 10.1. The average molecular weight is 227 g/mol. The van der Waals surface area contributed by atoms with E-state index in [-0.39, 0.29) is 0 Å². The van der Waals surface area contributed by atoms with Crippen molar-refractivity contribution in [3.63, 3.8) is 0 Å². The number of rotatable bonds is 2. The molecule has 0 amide bonds. The summed E-state index contributed by atoms with van der Waals surface area (Å²) in [6, 6.07) is 11.2. The Morgan fingerprint density at radius 2 is 1.76 bits per heavy atom. The van der Waals surface area contributed by atoms with Gasteiger partial charge in [0, 0.05) is 0 Å². The van der Waals surface area contributed by atoms with Crippen LogP contribution in [0.1, 0.15) is 38.1 Å². The molecule has 1 aliphatic rings. The maximum atomic E-state index is 2.38. The van der Waals surface area contributed by atoms with Crippen molar-refractivity contribution in [2.24, 2.45) is 0 Å². The summed E-state index contributed by atoms with van der Waals surface area (Å²) in [7, 11) is 0. The van der Waals surface area contributed by atoms with E-state index in [4.69, 9.17) is 0 Å². The number of hydrogen-bond donors (Lipinski definition) is 0. The van der Waals surface area contributed by atoms with E-state index in [0.717, 1.165) is 0 Å². The molecule has 0 radical (unpaired) electrons. The van der Waals surface area contributed by atoms with E-state index in [2.05, 4.69) is 58.2 Å². The summed E-state index contributed by atoms with van der Waals surface area (Å²) in [5.41, 5.74) is 1.24. The summed E-state index contributed by atoms with van der Waals surface area (Å²) < 4.78 is 4.58. The number of imidazole rings is 1. The second kappa shape index (κ2) is 4.74.